The second kappa shape index (κ2) is 7.94. The molecule has 0 aliphatic carbocycles. The van der Waals surface area contributed by atoms with Crippen molar-refractivity contribution >= 4 is 44.4 Å². The molecule has 0 aliphatic heterocycles. The van der Waals surface area contributed by atoms with E-state index >= 15 is 0 Å². The lowest BCUT2D eigenvalue weighted by molar-refractivity contribution is -0.113. The number of amides is 1. The Kier molecular flexibility index (Phi) is 5.78. The fraction of sp³-hybridized carbons (Fsp3) is 0.263. The zero-order valence-electron chi connectivity index (χ0n) is 16.1. The highest BCUT2D eigenvalue weighted by Gasteiger charge is 2.19. The predicted octanol–water partition coefficient (Wildman–Crippen LogP) is 3.16. The van der Waals surface area contributed by atoms with Gasteiger partial charge in [0.05, 0.1) is 21.7 Å². The summed E-state index contributed by atoms with van der Waals surface area (Å²) in [7, 11) is -0.621. The van der Waals surface area contributed by atoms with Crippen molar-refractivity contribution < 1.29 is 13.2 Å². The molecule has 0 unspecified atom stereocenters. The Morgan fingerprint density at radius 2 is 1.93 bits per heavy atom. The number of thioether (sulfide) groups is 1. The molecule has 0 saturated heterocycles. The summed E-state index contributed by atoms with van der Waals surface area (Å²) in [5.74, 6) is -0.0766. The highest BCUT2D eigenvalue weighted by atomic mass is 32.2. The minimum Gasteiger partial charge on any atom is -0.333 e. The van der Waals surface area contributed by atoms with Crippen LogP contribution in [0.4, 0.5) is 5.69 Å². The number of aryl methyl sites for hydroxylation is 2. The fourth-order valence-corrected chi connectivity index (χ4v) is 4.21. The van der Waals surface area contributed by atoms with Crippen molar-refractivity contribution in [1.82, 2.24) is 14.3 Å². The van der Waals surface area contributed by atoms with Crippen molar-refractivity contribution in [3.63, 3.8) is 0 Å². The average molecular weight is 419 g/mol. The SMILES string of the molecule is Cc1ccc2nc(SCC(=O)Nc3cc(S(=O)(=O)N(C)C)ccc3C)[nH]c2c1. The summed E-state index contributed by atoms with van der Waals surface area (Å²) in [4.78, 5) is 20.2. The van der Waals surface area contributed by atoms with Crippen LogP contribution in [-0.2, 0) is 14.8 Å². The zero-order chi connectivity index (χ0) is 20.5. The van der Waals surface area contributed by atoms with E-state index in [0.29, 0.717) is 10.8 Å². The zero-order valence-corrected chi connectivity index (χ0v) is 17.7. The highest BCUT2D eigenvalue weighted by molar-refractivity contribution is 7.99. The van der Waals surface area contributed by atoms with Crippen LogP contribution in [0.5, 0.6) is 0 Å². The van der Waals surface area contributed by atoms with E-state index in [1.807, 2.05) is 32.0 Å². The van der Waals surface area contributed by atoms with Gasteiger partial charge in [0.2, 0.25) is 15.9 Å². The standard InChI is InChI=1S/C19H22N4O3S2/c1-12-5-8-15-17(9-12)22-19(21-15)27-11-18(24)20-16-10-14(7-6-13(16)2)28(25,26)23(3)4/h5-10H,11H2,1-4H3,(H,20,24)(H,21,22). The number of rotatable bonds is 6. The van der Waals surface area contributed by atoms with Gasteiger partial charge < -0.3 is 10.3 Å². The smallest absolute Gasteiger partial charge is 0.242 e. The van der Waals surface area contributed by atoms with Gasteiger partial charge in [0.25, 0.3) is 0 Å². The van der Waals surface area contributed by atoms with Crippen LogP contribution in [0.15, 0.2) is 46.5 Å². The maximum atomic E-state index is 12.4. The van der Waals surface area contributed by atoms with Crippen LogP contribution in [0.3, 0.4) is 0 Å². The van der Waals surface area contributed by atoms with Gasteiger partial charge in [-0.05, 0) is 49.2 Å². The molecule has 0 spiro atoms. The highest BCUT2D eigenvalue weighted by Crippen LogP contribution is 2.24. The third-order valence-corrected chi connectivity index (χ3v) is 6.90. The van der Waals surface area contributed by atoms with Gasteiger partial charge in [-0.3, -0.25) is 4.79 Å². The van der Waals surface area contributed by atoms with Crippen LogP contribution in [0, 0.1) is 13.8 Å². The van der Waals surface area contributed by atoms with Gasteiger partial charge in [0.1, 0.15) is 0 Å². The van der Waals surface area contributed by atoms with E-state index in [0.717, 1.165) is 26.5 Å². The number of carbonyl (C=O) groups is 1. The van der Waals surface area contributed by atoms with Crippen LogP contribution in [-0.4, -0.2) is 48.4 Å². The van der Waals surface area contributed by atoms with Crippen LogP contribution in [0.25, 0.3) is 11.0 Å². The number of carbonyl (C=O) groups excluding carboxylic acids is 1. The summed E-state index contributed by atoms with van der Waals surface area (Å²) < 4.78 is 25.7. The van der Waals surface area contributed by atoms with E-state index in [9.17, 15) is 13.2 Å². The topological polar surface area (TPSA) is 95.2 Å². The van der Waals surface area contributed by atoms with Crippen LogP contribution in [0.2, 0.25) is 0 Å². The number of nitrogens with zero attached hydrogens (tertiary/aromatic N) is 2. The number of aromatic amines is 1. The summed E-state index contributed by atoms with van der Waals surface area (Å²) in [6, 6.07) is 10.6. The van der Waals surface area contributed by atoms with Gasteiger partial charge in [0, 0.05) is 19.8 Å². The molecule has 0 aliphatic rings. The molecule has 0 radical (unpaired) electrons. The number of benzene rings is 2. The number of H-pyrrole nitrogens is 1. The van der Waals surface area contributed by atoms with Gasteiger partial charge in [0.15, 0.2) is 5.16 Å². The average Bonchev–Trinajstić information content (AvgIpc) is 3.03. The molecular formula is C19H22N4O3S2. The summed E-state index contributed by atoms with van der Waals surface area (Å²) in [6.07, 6.45) is 0. The Labute approximate surface area is 168 Å². The number of nitrogens with one attached hydrogen (secondary N) is 2. The van der Waals surface area contributed by atoms with Crippen molar-refractivity contribution in [2.24, 2.45) is 0 Å². The molecule has 0 saturated carbocycles. The van der Waals surface area contributed by atoms with Crippen molar-refractivity contribution in [2.45, 2.75) is 23.9 Å². The number of anilines is 1. The van der Waals surface area contributed by atoms with E-state index in [4.69, 9.17) is 0 Å². The molecule has 2 aromatic carbocycles. The van der Waals surface area contributed by atoms with E-state index in [1.165, 1.54) is 38.0 Å². The lowest BCUT2D eigenvalue weighted by Gasteiger charge is -2.14. The minimum absolute atomic E-state index is 0.138. The molecule has 28 heavy (non-hydrogen) atoms. The second-order valence-corrected chi connectivity index (χ2v) is 9.78. The van der Waals surface area contributed by atoms with Crippen molar-refractivity contribution in [3.05, 3.63) is 47.5 Å². The van der Waals surface area contributed by atoms with Crippen molar-refractivity contribution in [2.75, 3.05) is 25.2 Å². The first-order chi connectivity index (χ1) is 13.2. The third-order valence-electron chi connectivity index (χ3n) is 4.22. The third kappa shape index (κ3) is 4.37. The first-order valence-electron chi connectivity index (χ1n) is 8.59. The van der Waals surface area contributed by atoms with Gasteiger partial charge in [-0.25, -0.2) is 17.7 Å². The van der Waals surface area contributed by atoms with Gasteiger partial charge >= 0.3 is 0 Å². The monoisotopic (exact) mass is 418 g/mol. The van der Waals surface area contributed by atoms with E-state index < -0.39 is 10.0 Å². The summed E-state index contributed by atoms with van der Waals surface area (Å²) >= 11 is 1.29. The molecule has 7 nitrogen and oxygen atoms in total. The quantitative estimate of drug-likeness (QED) is 0.600. The van der Waals surface area contributed by atoms with Crippen LogP contribution < -0.4 is 5.32 Å². The number of imidazole rings is 1. The summed E-state index contributed by atoms with van der Waals surface area (Å²) in [5.41, 5.74) is 4.18. The molecule has 9 heteroatoms. The maximum Gasteiger partial charge on any atom is 0.242 e. The first kappa shape index (κ1) is 20.4. The number of sulfonamides is 1. The van der Waals surface area contributed by atoms with Gasteiger partial charge in [-0.15, -0.1) is 0 Å². The lowest BCUT2D eigenvalue weighted by atomic mass is 10.2. The normalized spacial score (nSPS) is 11.9. The Morgan fingerprint density at radius 1 is 1.18 bits per heavy atom. The minimum atomic E-state index is -3.56. The molecule has 3 rings (SSSR count). The summed E-state index contributed by atoms with van der Waals surface area (Å²) in [6.45, 7) is 3.82. The fourth-order valence-electron chi connectivity index (χ4n) is 2.60. The van der Waals surface area contributed by atoms with Gasteiger partial charge in [-0.1, -0.05) is 23.9 Å². The van der Waals surface area contributed by atoms with E-state index in [2.05, 4.69) is 15.3 Å². The number of hydrogen-bond donors (Lipinski definition) is 2. The molecule has 1 aromatic heterocycles. The molecule has 1 heterocycles. The van der Waals surface area contributed by atoms with Gasteiger partial charge in [-0.2, -0.15) is 0 Å². The second-order valence-electron chi connectivity index (χ2n) is 6.66. The van der Waals surface area contributed by atoms with Crippen molar-refractivity contribution in [1.29, 1.82) is 0 Å². The number of aromatic nitrogens is 2. The summed E-state index contributed by atoms with van der Waals surface area (Å²) in [5, 5.41) is 3.45. The van der Waals surface area contributed by atoms with Crippen LogP contribution >= 0.6 is 11.8 Å². The maximum absolute atomic E-state index is 12.4. The predicted molar refractivity (Wildman–Crippen MR) is 112 cm³/mol. The molecule has 0 bridgehead atoms. The molecule has 148 valence electrons. The Hall–Kier alpha value is -2.36. The first-order valence-corrected chi connectivity index (χ1v) is 11.0. The molecule has 0 fully saturated rings. The molecule has 2 N–H and O–H groups in total. The van der Waals surface area contributed by atoms with E-state index in [1.54, 1.807) is 6.07 Å². The Bertz CT molecular complexity index is 1140. The number of fused-ring (bicyclic) bond motifs is 1. The lowest BCUT2D eigenvalue weighted by Crippen LogP contribution is -2.22. The Morgan fingerprint density at radius 3 is 2.64 bits per heavy atom. The van der Waals surface area contributed by atoms with Crippen LogP contribution in [0.1, 0.15) is 11.1 Å². The Balaban J connectivity index is 1.70. The molecule has 0 atom stereocenters. The van der Waals surface area contributed by atoms with E-state index in [-0.39, 0.29) is 16.6 Å². The molecular weight excluding hydrogens is 396 g/mol. The number of hydrogen-bond acceptors (Lipinski definition) is 5. The largest absolute Gasteiger partial charge is 0.333 e. The molecule has 1 amide bonds. The van der Waals surface area contributed by atoms with Crippen molar-refractivity contribution in [3.8, 4) is 0 Å². The molecule has 3 aromatic rings.